The van der Waals surface area contributed by atoms with E-state index in [1.807, 2.05) is 0 Å². The molecule has 0 spiro atoms. The number of phenols is 2. The molecule has 2 aromatic rings. The van der Waals surface area contributed by atoms with E-state index in [0.29, 0.717) is 33.0 Å². The van der Waals surface area contributed by atoms with Crippen molar-refractivity contribution in [2.75, 3.05) is 0 Å². The smallest absolute Gasteiger partial charge is 0.233 e. The topological polar surface area (TPSA) is 74.6 Å². The maximum Gasteiger partial charge on any atom is 0.233 e. The van der Waals surface area contributed by atoms with Gasteiger partial charge in [-0.3, -0.25) is 9.59 Å². The summed E-state index contributed by atoms with van der Waals surface area (Å²) in [5.41, 5.74) is 2.32. The van der Waals surface area contributed by atoms with Crippen molar-refractivity contribution in [2.45, 2.75) is 13.8 Å². The lowest BCUT2D eigenvalue weighted by Crippen LogP contribution is -2.18. The van der Waals surface area contributed by atoms with Crippen molar-refractivity contribution in [3.63, 3.8) is 0 Å². The Kier molecular flexibility index (Phi) is 2.44. The molecule has 0 saturated carbocycles. The van der Waals surface area contributed by atoms with Crippen molar-refractivity contribution in [1.82, 2.24) is 0 Å². The molecule has 0 amide bonds. The predicted octanol–water partition coefficient (Wildman–Crippen LogP) is 2.65. The van der Waals surface area contributed by atoms with Gasteiger partial charge in [0.25, 0.3) is 0 Å². The van der Waals surface area contributed by atoms with E-state index in [0.717, 1.165) is 0 Å². The van der Waals surface area contributed by atoms with Crippen LogP contribution >= 0.6 is 0 Å². The van der Waals surface area contributed by atoms with Crippen molar-refractivity contribution < 1.29 is 19.8 Å². The normalized spacial score (nSPS) is 13.9. The molecule has 1 aliphatic rings. The van der Waals surface area contributed by atoms with E-state index in [1.54, 1.807) is 26.0 Å². The Morgan fingerprint density at radius 1 is 0.950 bits per heavy atom. The van der Waals surface area contributed by atoms with Gasteiger partial charge in [-0.25, -0.2) is 0 Å². The van der Waals surface area contributed by atoms with Gasteiger partial charge in [-0.15, -0.1) is 0 Å². The van der Waals surface area contributed by atoms with Crippen molar-refractivity contribution >= 4 is 28.4 Å². The summed E-state index contributed by atoms with van der Waals surface area (Å²) in [6, 6.07) is 3.02. The zero-order chi connectivity index (χ0) is 14.6. The Bertz CT molecular complexity index is 828. The van der Waals surface area contributed by atoms with Crippen LogP contribution in [0.3, 0.4) is 0 Å². The molecule has 0 saturated heterocycles. The highest BCUT2D eigenvalue weighted by Gasteiger charge is 2.27. The Morgan fingerprint density at radius 2 is 1.65 bits per heavy atom. The largest absolute Gasteiger partial charge is 0.504 e. The number of carbonyl (C=O) groups is 2. The van der Waals surface area contributed by atoms with Crippen molar-refractivity contribution in [3.05, 3.63) is 40.5 Å². The van der Waals surface area contributed by atoms with Gasteiger partial charge in [-0.1, -0.05) is 6.07 Å². The molecule has 0 atom stereocenters. The second-order valence-electron chi connectivity index (χ2n) is 4.92. The first-order chi connectivity index (χ1) is 9.43. The van der Waals surface area contributed by atoms with Gasteiger partial charge in [0.05, 0.1) is 0 Å². The summed E-state index contributed by atoms with van der Waals surface area (Å²) in [6.07, 6.45) is 2.83. The van der Waals surface area contributed by atoms with Crippen LogP contribution in [0, 0.1) is 13.8 Å². The molecule has 0 unspecified atom stereocenters. The zero-order valence-corrected chi connectivity index (χ0v) is 11.0. The van der Waals surface area contributed by atoms with Crippen molar-refractivity contribution in [3.8, 4) is 11.5 Å². The monoisotopic (exact) mass is 268 g/mol. The summed E-state index contributed by atoms with van der Waals surface area (Å²) in [7, 11) is 0. The van der Waals surface area contributed by atoms with Gasteiger partial charge in [-0.2, -0.15) is 0 Å². The van der Waals surface area contributed by atoms with Crippen LogP contribution in [0.15, 0.2) is 18.2 Å². The number of ketones is 2. The molecule has 2 N–H and O–H groups in total. The molecule has 0 heterocycles. The third-order valence-electron chi connectivity index (χ3n) is 3.84. The average Bonchev–Trinajstić information content (AvgIpc) is 2.42. The van der Waals surface area contributed by atoms with Gasteiger partial charge >= 0.3 is 0 Å². The molecule has 4 nitrogen and oxygen atoms in total. The van der Waals surface area contributed by atoms with Crippen molar-refractivity contribution in [1.29, 1.82) is 0 Å². The second kappa shape index (κ2) is 3.93. The maximum absolute atomic E-state index is 12.1. The Balaban J connectivity index is 2.57. The minimum Gasteiger partial charge on any atom is -0.504 e. The van der Waals surface area contributed by atoms with Crippen LogP contribution in [0.1, 0.15) is 27.0 Å². The van der Waals surface area contributed by atoms with Crippen LogP contribution in [-0.4, -0.2) is 21.8 Å². The Labute approximate surface area is 115 Å². The molecule has 100 valence electrons. The first-order valence-electron chi connectivity index (χ1n) is 6.18. The fourth-order valence-electron chi connectivity index (χ4n) is 2.79. The highest BCUT2D eigenvalue weighted by Crippen LogP contribution is 2.41. The van der Waals surface area contributed by atoms with Crippen LogP contribution in [-0.2, 0) is 4.79 Å². The van der Waals surface area contributed by atoms with Gasteiger partial charge in [0.15, 0.2) is 11.5 Å². The molecule has 0 aromatic heterocycles. The number of hydrogen-bond donors (Lipinski definition) is 2. The van der Waals surface area contributed by atoms with E-state index in [4.69, 9.17) is 0 Å². The number of hydrogen-bond acceptors (Lipinski definition) is 4. The van der Waals surface area contributed by atoms with Gasteiger partial charge in [-0.05, 0) is 54.1 Å². The Hall–Kier alpha value is -2.62. The highest BCUT2D eigenvalue weighted by molar-refractivity contribution is 6.50. The lowest BCUT2D eigenvalue weighted by molar-refractivity contribution is -0.110. The van der Waals surface area contributed by atoms with Crippen LogP contribution in [0.4, 0.5) is 0 Å². The molecule has 1 aliphatic carbocycles. The van der Waals surface area contributed by atoms with Gasteiger partial charge in [0.2, 0.25) is 11.6 Å². The molecular weight excluding hydrogens is 256 g/mol. The summed E-state index contributed by atoms with van der Waals surface area (Å²) in [4.78, 5) is 23.6. The summed E-state index contributed by atoms with van der Waals surface area (Å²) in [6.45, 7) is 3.49. The van der Waals surface area contributed by atoms with Crippen LogP contribution in [0.2, 0.25) is 0 Å². The highest BCUT2D eigenvalue weighted by atomic mass is 16.3. The van der Waals surface area contributed by atoms with E-state index in [2.05, 4.69) is 0 Å². The molecule has 3 rings (SSSR count). The van der Waals surface area contributed by atoms with E-state index >= 15 is 0 Å². The minimum absolute atomic E-state index is 0.205. The van der Waals surface area contributed by atoms with Crippen LogP contribution in [0.5, 0.6) is 11.5 Å². The van der Waals surface area contributed by atoms with Crippen LogP contribution in [0.25, 0.3) is 16.8 Å². The first kappa shape index (κ1) is 12.4. The van der Waals surface area contributed by atoms with E-state index in [9.17, 15) is 19.8 Å². The zero-order valence-electron chi connectivity index (χ0n) is 11.0. The number of Topliss-reactive ketones (excluding diaryl/α,β-unsaturated/α-hetero) is 1. The standard InChI is InChI=1S/C16H12O4/c1-7-9-3-5-12(18)16(20)14(9)8(2)10-4-6-11(17)15(19)13(7)10/h3-6,17,19H,1-2H3. The summed E-state index contributed by atoms with van der Waals surface area (Å²) in [5, 5.41) is 20.9. The van der Waals surface area contributed by atoms with Gasteiger partial charge < -0.3 is 10.2 Å². The molecule has 20 heavy (non-hydrogen) atoms. The molecule has 0 aliphatic heterocycles. The molecule has 0 bridgehead atoms. The molecule has 0 fully saturated rings. The van der Waals surface area contributed by atoms with E-state index in [1.165, 1.54) is 12.1 Å². The second-order valence-corrected chi connectivity index (χ2v) is 4.92. The van der Waals surface area contributed by atoms with Crippen LogP contribution < -0.4 is 0 Å². The lowest BCUT2D eigenvalue weighted by Gasteiger charge is -2.19. The summed E-state index contributed by atoms with van der Waals surface area (Å²) >= 11 is 0. The number of carbonyl (C=O) groups excluding carboxylic acids is 2. The molecule has 4 heteroatoms. The minimum atomic E-state index is -0.539. The Morgan fingerprint density at radius 3 is 2.35 bits per heavy atom. The SMILES string of the molecule is Cc1c2c(c(C)c3c(O)c(O)ccc13)C=CC(=O)C2=O. The first-order valence-corrected chi connectivity index (χ1v) is 6.18. The summed E-state index contributed by atoms with van der Waals surface area (Å²) in [5.74, 6) is -1.48. The molecule has 0 radical (unpaired) electrons. The number of rotatable bonds is 0. The number of allylic oxidation sites excluding steroid dienone is 1. The number of aryl methyl sites for hydroxylation is 2. The van der Waals surface area contributed by atoms with Gasteiger partial charge in [0, 0.05) is 10.9 Å². The summed E-state index contributed by atoms with van der Waals surface area (Å²) < 4.78 is 0. The number of aromatic hydroxyl groups is 2. The number of fused-ring (bicyclic) bond motifs is 2. The fraction of sp³-hybridized carbons (Fsp3) is 0.125. The van der Waals surface area contributed by atoms with Crippen molar-refractivity contribution in [2.24, 2.45) is 0 Å². The number of benzene rings is 2. The predicted molar refractivity (Wildman–Crippen MR) is 75.1 cm³/mol. The molecular formula is C16H12O4. The fourth-order valence-corrected chi connectivity index (χ4v) is 2.79. The third kappa shape index (κ3) is 1.42. The van der Waals surface area contributed by atoms with E-state index in [-0.39, 0.29) is 11.5 Å². The average molecular weight is 268 g/mol. The maximum atomic E-state index is 12.1. The third-order valence-corrected chi connectivity index (χ3v) is 3.84. The lowest BCUT2D eigenvalue weighted by atomic mass is 9.84. The van der Waals surface area contributed by atoms with E-state index < -0.39 is 11.6 Å². The quantitative estimate of drug-likeness (QED) is 0.569. The van der Waals surface area contributed by atoms with Gasteiger partial charge in [0.1, 0.15) is 0 Å². The molecule has 2 aromatic carbocycles. The number of phenolic OH excluding ortho intramolecular Hbond substituents is 2.